The van der Waals surface area contributed by atoms with Crippen molar-refractivity contribution in [1.82, 2.24) is 20.0 Å². The number of rotatable bonds is 7. The van der Waals surface area contributed by atoms with Gasteiger partial charge in [0.15, 0.2) is 0 Å². The summed E-state index contributed by atoms with van der Waals surface area (Å²) in [6.07, 6.45) is 3.64. The first-order chi connectivity index (χ1) is 14.0. The van der Waals surface area contributed by atoms with Gasteiger partial charge in [0.2, 0.25) is 11.8 Å². The van der Waals surface area contributed by atoms with E-state index in [9.17, 15) is 9.59 Å². The zero-order valence-electron chi connectivity index (χ0n) is 17.4. The van der Waals surface area contributed by atoms with Crippen molar-refractivity contribution in [2.45, 2.75) is 52.0 Å². The molecule has 2 aromatic rings. The van der Waals surface area contributed by atoms with Crippen molar-refractivity contribution in [2.24, 2.45) is 5.73 Å². The van der Waals surface area contributed by atoms with E-state index in [-0.39, 0.29) is 17.9 Å². The fourth-order valence-corrected chi connectivity index (χ4v) is 4.00. The molecule has 29 heavy (non-hydrogen) atoms. The number of aryl methyl sites for hydroxylation is 1. The van der Waals surface area contributed by atoms with E-state index in [0.717, 1.165) is 48.4 Å². The fraction of sp³-hybridized carbons (Fsp3) is 0.500. The molecule has 1 fully saturated rings. The van der Waals surface area contributed by atoms with Gasteiger partial charge in [-0.15, -0.1) is 0 Å². The summed E-state index contributed by atoms with van der Waals surface area (Å²) in [6.45, 7) is 5.53. The lowest BCUT2D eigenvalue weighted by Gasteiger charge is -2.36. The van der Waals surface area contributed by atoms with E-state index in [1.165, 1.54) is 0 Å². The van der Waals surface area contributed by atoms with E-state index in [0.29, 0.717) is 25.9 Å². The minimum absolute atomic E-state index is 0.0442. The predicted octanol–water partition coefficient (Wildman–Crippen LogP) is 1.88. The first kappa shape index (κ1) is 21.0. The number of nitrogens with one attached hydrogen (secondary N) is 1. The molecule has 0 bridgehead atoms. The lowest BCUT2D eigenvalue weighted by Crippen LogP contribution is -2.50. The van der Waals surface area contributed by atoms with Gasteiger partial charge >= 0.3 is 0 Å². The van der Waals surface area contributed by atoms with Crippen molar-refractivity contribution in [3.63, 3.8) is 0 Å². The number of likely N-dealkylation sites (tertiary alicyclic amines) is 1. The van der Waals surface area contributed by atoms with Crippen LogP contribution in [-0.4, -0.2) is 52.2 Å². The average molecular weight is 398 g/mol. The lowest BCUT2D eigenvalue weighted by atomic mass is 10.00. The van der Waals surface area contributed by atoms with Crippen LogP contribution in [0.3, 0.4) is 0 Å². The smallest absolute Gasteiger partial charge is 0.227 e. The number of nitrogens with two attached hydrogens (primary N) is 1. The van der Waals surface area contributed by atoms with Crippen LogP contribution in [0, 0.1) is 13.8 Å². The van der Waals surface area contributed by atoms with E-state index in [4.69, 9.17) is 5.73 Å². The number of aromatic nitrogens is 2. The van der Waals surface area contributed by atoms with E-state index >= 15 is 0 Å². The molecule has 3 rings (SSSR count). The van der Waals surface area contributed by atoms with Crippen LogP contribution in [-0.2, 0) is 16.0 Å². The van der Waals surface area contributed by atoms with Gasteiger partial charge in [-0.25, -0.2) is 4.68 Å². The van der Waals surface area contributed by atoms with Crippen LogP contribution in [0.1, 0.15) is 42.6 Å². The van der Waals surface area contributed by atoms with Crippen LogP contribution >= 0.6 is 0 Å². The van der Waals surface area contributed by atoms with Gasteiger partial charge in [0, 0.05) is 43.4 Å². The van der Waals surface area contributed by atoms with E-state index < -0.39 is 0 Å². The zero-order chi connectivity index (χ0) is 20.8. The maximum absolute atomic E-state index is 13.2. The summed E-state index contributed by atoms with van der Waals surface area (Å²) in [5, 5.41) is 7.58. The number of benzene rings is 1. The Labute approximate surface area is 172 Å². The molecule has 156 valence electrons. The fourth-order valence-electron chi connectivity index (χ4n) is 4.00. The summed E-state index contributed by atoms with van der Waals surface area (Å²) in [6, 6.07) is 10.00. The summed E-state index contributed by atoms with van der Waals surface area (Å²) < 4.78 is 1.90. The molecule has 7 nitrogen and oxygen atoms in total. The Morgan fingerprint density at radius 2 is 1.97 bits per heavy atom. The molecule has 2 amide bonds. The molecule has 1 saturated heterocycles. The first-order valence-electron chi connectivity index (χ1n) is 10.4. The van der Waals surface area contributed by atoms with E-state index in [2.05, 4.69) is 10.4 Å². The quantitative estimate of drug-likeness (QED) is 0.746. The first-order valence-corrected chi connectivity index (χ1v) is 10.4. The third kappa shape index (κ3) is 5.03. The molecule has 2 heterocycles. The molecule has 0 saturated carbocycles. The Morgan fingerprint density at radius 3 is 2.69 bits per heavy atom. The maximum Gasteiger partial charge on any atom is 0.227 e. The standard InChI is InChI=1S/C22H31N5O2/c1-16-20(17(2)27(25-16)18-8-4-3-5-9-18)14-22(29)26-13-7-6-10-19(26)15-24-21(28)11-12-23/h3-5,8-9,19H,6-7,10-15,23H2,1-2H3,(H,24,28). The number of carbonyl (C=O) groups excluding carboxylic acids is 2. The third-order valence-electron chi connectivity index (χ3n) is 5.62. The minimum atomic E-state index is -0.0544. The monoisotopic (exact) mass is 397 g/mol. The van der Waals surface area contributed by atoms with Crippen LogP contribution in [0.25, 0.3) is 5.69 Å². The molecular weight excluding hydrogens is 366 g/mol. The van der Waals surface area contributed by atoms with Crippen molar-refractivity contribution < 1.29 is 9.59 Å². The topological polar surface area (TPSA) is 93.2 Å². The van der Waals surface area contributed by atoms with Gasteiger partial charge in [0.25, 0.3) is 0 Å². The lowest BCUT2D eigenvalue weighted by molar-refractivity contribution is -0.134. The van der Waals surface area contributed by atoms with Gasteiger partial charge in [0.1, 0.15) is 0 Å². The Kier molecular flexibility index (Phi) is 7.04. The van der Waals surface area contributed by atoms with Crippen molar-refractivity contribution in [1.29, 1.82) is 0 Å². The Hall–Kier alpha value is -2.67. The molecule has 1 atom stereocenters. The van der Waals surface area contributed by atoms with E-state index in [1.54, 1.807) is 0 Å². The Morgan fingerprint density at radius 1 is 1.21 bits per heavy atom. The van der Waals surface area contributed by atoms with E-state index in [1.807, 2.05) is 53.8 Å². The van der Waals surface area contributed by atoms with Gasteiger partial charge in [-0.1, -0.05) is 18.2 Å². The van der Waals surface area contributed by atoms with Crippen LogP contribution in [0.5, 0.6) is 0 Å². The van der Waals surface area contributed by atoms with Gasteiger partial charge < -0.3 is 16.0 Å². The second-order valence-corrected chi connectivity index (χ2v) is 7.65. The highest BCUT2D eigenvalue weighted by Crippen LogP contribution is 2.22. The van der Waals surface area contributed by atoms with Crippen molar-refractivity contribution in [3.8, 4) is 5.69 Å². The number of para-hydroxylation sites is 1. The number of piperidine rings is 1. The van der Waals surface area contributed by atoms with Gasteiger partial charge in [-0.2, -0.15) is 5.10 Å². The SMILES string of the molecule is Cc1nn(-c2ccccc2)c(C)c1CC(=O)N1CCCCC1CNC(=O)CCN. The number of hydrogen-bond donors (Lipinski definition) is 2. The largest absolute Gasteiger partial charge is 0.354 e. The average Bonchev–Trinajstić information content (AvgIpc) is 3.01. The zero-order valence-corrected chi connectivity index (χ0v) is 17.4. The van der Waals surface area contributed by atoms with Gasteiger partial charge in [-0.05, 0) is 45.2 Å². The predicted molar refractivity (Wildman–Crippen MR) is 113 cm³/mol. The number of carbonyl (C=O) groups is 2. The second kappa shape index (κ2) is 9.69. The van der Waals surface area contributed by atoms with Crippen molar-refractivity contribution in [2.75, 3.05) is 19.6 Å². The molecule has 3 N–H and O–H groups in total. The maximum atomic E-state index is 13.2. The molecule has 0 aliphatic carbocycles. The van der Waals surface area contributed by atoms with Gasteiger partial charge in [0.05, 0.1) is 17.8 Å². The van der Waals surface area contributed by atoms with Crippen LogP contribution < -0.4 is 11.1 Å². The Bertz CT molecular complexity index is 846. The summed E-state index contributed by atoms with van der Waals surface area (Å²) in [4.78, 5) is 26.9. The van der Waals surface area contributed by atoms with Crippen LogP contribution in [0.15, 0.2) is 30.3 Å². The highest BCUT2D eigenvalue weighted by atomic mass is 16.2. The number of nitrogens with zero attached hydrogens (tertiary/aromatic N) is 3. The number of hydrogen-bond acceptors (Lipinski definition) is 4. The molecule has 1 aliphatic rings. The minimum Gasteiger partial charge on any atom is -0.354 e. The normalized spacial score (nSPS) is 16.7. The summed E-state index contributed by atoms with van der Waals surface area (Å²) in [5.41, 5.74) is 9.28. The second-order valence-electron chi connectivity index (χ2n) is 7.65. The molecule has 7 heteroatoms. The van der Waals surface area contributed by atoms with Gasteiger partial charge in [-0.3, -0.25) is 9.59 Å². The third-order valence-corrected chi connectivity index (χ3v) is 5.62. The molecule has 1 aromatic heterocycles. The van der Waals surface area contributed by atoms with Crippen molar-refractivity contribution >= 4 is 11.8 Å². The molecule has 1 unspecified atom stereocenters. The summed E-state index contributed by atoms with van der Waals surface area (Å²) in [7, 11) is 0. The number of amides is 2. The molecule has 0 radical (unpaired) electrons. The highest BCUT2D eigenvalue weighted by molar-refractivity contribution is 5.80. The molecule has 1 aromatic carbocycles. The molecule has 1 aliphatic heterocycles. The molecule has 0 spiro atoms. The highest BCUT2D eigenvalue weighted by Gasteiger charge is 2.28. The Balaban J connectivity index is 1.71. The van der Waals surface area contributed by atoms with Crippen molar-refractivity contribution in [3.05, 3.63) is 47.3 Å². The summed E-state index contributed by atoms with van der Waals surface area (Å²) in [5.74, 6) is 0.0443. The van der Waals surface area contributed by atoms with Crippen LogP contribution in [0.2, 0.25) is 0 Å². The summed E-state index contributed by atoms with van der Waals surface area (Å²) >= 11 is 0. The van der Waals surface area contributed by atoms with Crippen LogP contribution in [0.4, 0.5) is 0 Å². The molecular formula is C22H31N5O2.